The van der Waals surface area contributed by atoms with Gasteiger partial charge in [0.15, 0.2) is 0 Å². The summed E-state index contributed by atoms with van der Waals surface area (Å²) in [5, 5.41) is 5.83. The summed E-state index contributed by atoms with van der Waals surface area (Å²) in [6.45, 7) is 4.30. The van der Waals surface area contributed by atoms with Crippen LogP contribution in [0, 0.1) is 0 Å². The lowest BCUT2D eigenvalue weighted by Crippen LogP contribution is -2.13. The average Bonchev–Trinajstić information content (AvgIpc) is 2.73. The number of rotatable bonds is 12. The molecule has 29 heavy (non-hydrogen) atoms. The van der Waals surface area contributed by atoms with E-state index < -0.39 is 0 Å². The maximum atomic E-state index is 12.4. The van der Waals surface area contributed by atoms with E-state index in [2.05, 4.69) is 24.5 Å². The molecule has 2 aromatic carbocycles. The van der Waals surface area contributed by atoms with E-state index in [1.807, 2.05) is 24.3 Å². The van der Waals surface area contributed by atoms with Crippen LogP contribution in [0.25, 0.3) is 0 Å². The average molecular weight is 395 g/mol. The van der Waals surface area contributed by atoms with Crippen LogP contribution in [0.2, 0.25) is 0 Å². The van der Waals surface area contributed by atoms with Gasteiger partial charge in [-0.2, -0.15) is 0 Å². The lowest BCUT2D eigenvalue weighted by molar-refractivity contribution is -0.116. The molecule has 0 fully saturated rings. The van der Waals surface area contributed by atoms with Crippen molar-refractivity contribution < 1.29 is 9.59 Å². The monoisotopic (exact) mass is 394 g/mol. The molecule has 0 bridgehead atoms. The van der Waals surface area contributed by atoms with Crippen LogP contribution in [0.4, 0.5) is 11.4 Å². The van der Waals surface area contributed by atoms with E-state index in [1.165, 1.54) is 37.7 Å². The fourth-order valence-corrected chi connectivity index (χ4v) is 3.24. The highest BCUT2D eigenvalue weighted by Crippen LogP contribution is 2.15. The van der Waals surface area contributed by atoms with Gasteiger partial charge in [0.2, 0.25) is 5.91 Å². The molecule has 0 spiro atoms. The molecule has 156 valence electrons. The van der Waals surface area contributed by atoms with Gasteiger partial charge in [-0.15, -0.1) is 0 Å². The van der Waals surface area contributed by atoms with Crippen molar-refractivity contribution in [3.05, 3.63) is 59.7 Å². The standard InChI is InChI=1S/C25H34N2O2/c1-3-5-6-7-8-9-10-14-24(28)26-22-17-15-21(16-18-22)25(29)27-23-13-11-12-20(4-2)19-23/h11-13,15-19H,3-10,14H2,1-2H3,(H,26,28)(H,27,29). The molecule has 0 saturated carbocycles. The molecule has 0 aliphatic carbocycles. The van der Waals surface area contributed by atoms with Crippen LogP contribution >= 0.6 is 0 Å². The van der Waals surface area contributed by atoms with Crippen LogP contribution in [0.3, 0.4) is 0 Å². The number of unbranched alkanes of at least 4 members (excludes halogenated alkanes) is 6. The third-order valence-corrected chi connectivity index (χ3v) is 5.03. The lowest BCUT2D eigenvalue weighted by Gasteiger charge is -2.08. The zero-order chi connectivity index (χ0) is 20.9. The zero-order valence-corrected chi connectivity index (χ0v) is 17.8. The van der Waals surface area contributed by atoms with Gasteiger partial charge in [-0.1, -0.05) is 64.5 Å². The highest BCUT2D eigenvalue weighted by Gasteiger charge is 2.08. The number of anilines is 2. The summed E-state index contributed by atoms with van der Waals surface area (Å²) in [7, 11) is 0. The van der Waals surface area contributed by atoms with Crippen molar-refractivity contribution in [3.63, 3.8) is 0 Å². The van der Waals surface area contributed by atoms with Gasteiger partial charge in [0, 0.05) is 23.4 Å². The minimum atomic E-state index is -0.154. The second-order valence-corrected chi connectivity index (χ2v) is 7.50. The summed E-state index contributed by atoms with van der Waals surface area (Å²) >= 11 is 0. The SMILES string of the molecule is CCCCCCCCCC(=O)Nc1ccc(C(=O)Nc2cccc(CC)c2)cc1. The van der Waals surface area contributed by atoms with E-state index in [-0.39, 0.29) is 11.8 Å². The van der Waals surface area contributed by atoms with Crippen molar-refractivity contribution in [2.75, 3.05) is 10.6 Å². The predicted octanol–water partition coefficient (Wildman–Crippen LogP) is 6.58. The molecule has 2 aromatic rings. The van der Waals surface area contributed by atoms with Gasteiger partial charge in [-0.3, -0.25) is 9.59 Å². The highest BCUT2D eigenvalue weighted by molar-refractivity contribution is 6.04. The summed E-state index contributed by atoms with van der Waals surface area (Å²) in [4.78, 5) is 24.5. The zero-order valence-electron chi connectivity index (χ0n) is 17.8. The fraction of sp³-hybridized carbons (Fsp3) is 0.440. The fourth-order valence-electron chi connectivity index (χ4n) is 3.24. The van der Waals surface area contributed by atoms with E-state index in [9.17, 15) is 9.59 Å². The quantitative estimate of drug-likeness (QED) is 0.399. The maximum Gasteiger partial charge on any atom is 0.255 e. The molecular formula is C25H34N2O2. The molecule has 0 unspecified atom stereocenters. The number of hydrogen-bond acceptors (Lipinski definition) is 2. The topological polar surface area (TPSA) is 58.2 Å². The second kappa shape index (κ2) is 12.8. The first-order valence-corrected chi connectivity index (χ1v) is 10.9. The first-order chi connectivity index (χ1) is 14.1. The number of hydrogen-bond donors (Lipinski definition) is 2. The Bertz CT molecular complexity index is 769. The van der Waals surface area contributed by atoms with Crippen molar-refractivity contribution in [1.82, 2.24) is 0 Å². The van der Waals surface area contributed by atoms with Gasteiger partial charge in [-0.05, 0) is 54.8 Å². The summed E-state index contributed by atoms with van der Waals surface area (Å²) in [6.07, 6.45) is 9.84. The molecule has 0 aliphatic rings. The van der Waals surface area contributed by atoms with Crippen molar-refractivity contribution in [1.29, 1.82) is 0 Å². The molecule has 4 heteroatoms. The molecule has 0 heterocycles. The Balaban J connectivity index is 1.74. The predicted molar refractivity (Wildman–Crippen MR) is 121 cm³/mol. The van der Waals surface area contributed by atoms with Crippen LogP contribution in [0.5, 0.6) is 0 Å². The molecule has 2 N–H and O–H groups in total. The Morgan fingerprint density at radius 1 is 0.759 bits per heavy atom. The Labute approximate surface area is 175 Å². The molecule has 2 amide bonds. The summed E-state index contributed by atoms with van der Waals surface area (Å²) in [6, 6.07) is 14.9. The largest absolute Gasteiger partial charge is 0.326 e. The van der Waals surface area contributed by atoms with E-state index >= 15 is 0 Å². The van der Waals surface area contributed by atoms with Crippen LogP contribution in [0.15, 0.2) is 48.5 Å². The molecular weight excluding hydrogens is 360 g/mol. The molecule has 0 atom stereocenters. The van der Waals surface area contributed by atoms with Crippen molar-refractivity contribution >= 4 is 23.2 Å². The lowest BCUT2D eigenvalue weighted by atomic mass is 10.1. The van der Waals surface area contributed by atoms with Crippen molar-refractivity contribution in [2.45, 2.75) is 71.6 Å². The first kappa shape index (κ1) is 22.7. The molecule has 4 nitrogen and oxygen atoms in total. The minimum absolute atomic E-state index is 0.0344. The van der Waals surface area contributed by atoms with Crippen LogP contribution in [0.1, 0.15) is 81.1 Å². The maximum absolute atomic E-state index is 12.4. The number of benzene rings is 2. The second-order valence-electron chi connectivity index (χ2n) is 7.50. The summed E-state index contributed by atoms with van der Waals surface area (Å²) < 4.78 is 0. The number of nitrogens with one attached hydrogen (secondary N) is 2. The number of amides is 2. The third kappa shape index (κ3) is 8.51. The van der Waals surface area contributed by atoms with E-state index in [0.717, 1.165) is 30.6 Å². The molecule has 0 aromatic heterocycles. The minimum Gasteiger partial charge on any atom is -0.326 e. The number of aryl methyl sites for hydroxylation is 1. The van der Waals surface area contributed by atoms with E-state index in [0.29, 0.717) is 12.0 Å². The summed E-state index contributed by atoms with van der Waals surface area (Å²) in [5.74, 6) is -0.119. The van der Waals surface area contributed by atoms with Crippen molar-refractivity contribution in [3.8, 4) is 0 Å². The first-order valence-electron chi connectivity index (χ1n) is 10.9. The number of carbonyl (C=O) groups excluding carboxylic acids is 2. The Morgan fingerprint density at radius 2 is 1.45 bits per heavy atom. The normalized spacial score (nSPS) is 10.6. The molecule has 0 radical (unpaired) electrons. The third-order valence-electron chi connectivity index (χ3n) is 5.03. The summed E-state index contributed by atoms with van der Waals surface area (Å²) in [5.41, 5.74) is 3.27. The molecule has 2 rings (SSSR count). The highest BCUT2D eigenvalue weighted by atomic mass is 16.2. The van der Waals surface area contributed by atoms with E-state index in [1.54, 1.807) is 24.3 Å². The molecule has 0 aliphatic heterocycles. The van der Waals surface area contributed by atoms with Gasteiger partial charge in [0.25, 0.3) is 5.91 Å². The van der Waals surface area contributed by atoms with Crippen LogP contribution in [-0.4, -0.2) is 11.8 Å². The smallest absolute Gasteiger partial charge is 0.255 e. The van der Waals surface area contributed by atoms with Crippen molar-refractivity contribution in [2.24, 2.45) is 0 Å². The van der Waals surface area contributed by atoms with E-state index in [4.69, 9.17) is 0 Å². The number of carbonyl (C=O) groups is 2. The molecule has 0 saturated heterocycles. The van der Waals surface area contributed by atoms with Gasteiger partial charge >= 0.3 is 0 Å². The van der Waals surface area contributed by atoms with Gasteiger partial charge < -0.3 is 10.6 Å². The Hall–Kier alpha value is -2.62. The van der Waals surface area contributed by atoms with Gasteiger partial charge in [-0.25, -0.2) is 0 Å². The van der Waals surface area contributed by atoms with Crippen LogP contribution < -0.4 is 10.6 Å². The van der Waals surface area contributed by atoms with Gasteiger partial charge in [0.05, 0.1) is 0 Å². The Kier molecular flexibility index (Phi) is 9.98. The Morgan fingerprint density at radius 3 is 2.14 bits per heavy atom. The van der Waals surface area contributed by atoms with Crippen LogP contribution in [-0.2, 0) is 11.2 Å². The van der Waals surface area contributed by atoms with Gasteiger partial charge in [0.1, 0.15) is 0 Å².